The van der Waals surface area contributed by atoms with E-state index in [4.69, 9.17) is 61.0 Å². The molecule has 136 valence electrons. The Bertz CT molecular complexity index is 213. The Kier molecular flexibility index (Phi) is 48.2. The fourth-order valence-electron chi connectivity index (χ4n) is 0.729. The first kappa shape index (κ1) is 41.8. The molecule has 16 heteroatoms. The molecule has 4 atom stereocenters. The number of hydrogen-bond donors (Lipinski definition) is 9. The smallest absolute Gasteiger partial charge is 0.907 e. The molecule has 25 heavy (non-hydrogen) atoms. The van der Waals surface area contributed by atoms with Crippen LogP contribution in [0.2, 0.25) is 0 Å². The molecule has 0 aliphatic heterocycles. The molecule has 0 radical (unpaired) electrons. The first-order valence-electron chi connectivity index (χ1n) is 5.90. The van der Waals surface area contributed by atoms with Crippen LogP contribution in [0.15, 0.2) is 0 Å². The van der Waals surface area contributed by atoms with Gasteiger partial charge in [0.15, 0.2) is 0 Å². The number of rotatable bonds is 7. The van der Waals surface area contributed by atoms with Crippen LogP contribution in [0.25, 0.3) is 0 Å². The van der Waals surface area contributed by atoms with E-state index >= 15 is 0 Å². The topological polar surface area (TPSA) is 251 Å². The van der Waals surface area contributed by atoms with Crippen molar-refractivity contribution in [2.45, 2.75) is 30.5 Å². The molecule has 0 saturated carbocycles. The van der Waals surface area contributed by atoms with Gasteiger partial charge in [0.05, 0.1) is 26.4 Å². The van der Waals surface area contributed by atoms with Crippen molar-refractivity contribution in [1.82, 2.24) is 0 Å². The van der Waals surface area contributed by atoms with Crippen molar-refractivity contribution in [3.05, 3.63) is 0 Å². The molecule has 0 aliphatic carbocycles. The average Bonchev–Trinajstić information content (AvgIpc) is 2.50. The fourth-order valence-corrected chi connectivity index (χ4v) is 0.729. The van der Waals surface area contributed by atoms with Crippen LogP contribution < -0.4 is 104 Å². The minimum absolute atomic E-state index is 0. The van der Waals surface area contributed by atoms with Crippen molar-refractivity contribution in [1.29, 1.82) is 0 Å². The van der Waals surface area contributed by atoms with Gasteiger partial charge in [-0.2, -0.15) is 0 Å². The molecule has 0 aliphatic rings. The fraction of sp³-hybridized carbons (Fsp3) is 1.00. The predicted molar refractivity (Wildman–Crippen MR) is 64.1 cm³/mol. The van der Waals surface area contributed by atoms with Gasteiger partial charge in [-0.25, -0.2) is 0 Å². The summed E-state index contributed by atoms with van der Waals surface area (Å²) in [6, 6.07) is 0. The Morgan fingerprint density at radius 3 is 0.840 bits per heavy atom. The summed E-state index contributed by atoms with van der Waals surface area (Å²) in [5.41, 5.74) is 0. The van der Waals surface area contributed by atoms with E-state index in [9.17, 15) is 0 Å². The predicted octanol–water partition coefficient (Wildman–Crippen LogP) is -18.2. The van der Waals surface area contributed by atoms with E-state index in [2.05, 4.69) is 0 Å². The minimum atomic E-state index is -2.92. The largest absolute Gasteiger partial charge is 1.00 e. The van der Waals surface area contributed by atoms with E-state index < -0.39 is 51.1 Å². The molecular formula is C9H22BNa3O12. The average molecular weight is 402 g/mol. The number of hydrogen-bond acceptors (Lipinski definition) is 12. The van der Waals surface area contributed by atoms with Gasteiger partial charge >= 0.3 is 88.7 Å². The van der Waals surface area contributed by atoms with Crippen LogP contribution in [-0.2, 0) is 0 Å². The van der Waals surface area contributed by atoms with Gasteiger partial charge in [0, 0.05) is 0 Å². The normalized spacial score (nSPS) is 13.8. The summed E-state index contributed by atoms with van der Waals surface area (Å²) in [4.78, 5) is 0. The minimum Gasteiger partial charge on any atom is -0.907 e. The Labute approximate surface area is 211 Å². The van der Waals surface area contributed by atoms with Crippen LogP contribution in [-0.4, -0.2) is 110 Å². The summed E-state index contributed by atoms with van der Waals surface area (Å²) in [5.74, 6) is 0. The zero-order valence-electron chi connectivity index (χ0n) is 14.5. The van der Waals surface area contributed by atoms with E-state index in [1.807, 2.05) is 0 Å². The van der Waals surface area contributed by atoms with Crippen LogP contribution in [0.3, 0.4) is 0 Å². The molecule has 0 amide bonds. The van der Waals surface area contributed by atoms with Crippen LogP contribution in [0.1, 0.15) is 0 Å². The van der Waals surface area contributed by atoms with E-state index in [0.717, 1.165) is 0 Å². The second-order valence-electron chi connectivity index (χ2n) is 3.79. The maximum atomic E-state index is 8.96. The van der Waals surface area contributed by atoms with Crippen molar-refractivity contribution in [3.63, 3.8) is 0 Å². The number of aliphatic hydroxyl groups excluding tert-OH is 9. The quantitative estimate of drug-likeness (QED) is 0.180. The monoisotopic (exact) mass is 402 g/mol. The molecule has 0 aromatic heterocycles. The zero-order valence-corrected chi connectivity index (χ0v) is 20.5. The first-order valence-corrected chi connectivity index (χ1v) is 5.90. The van der Waals surface area contributed by atoms with Crippen molar-refractivity contribution < 1.29 is 150 Å². The Balaban J connectivity index is -0.0000000595. The third-order valence-electron chi connectivity index (χ3n) is 1.93. The first-order chi connectivity index (χ1) is 10.1. The molecule has 0 aromatic rings. The second kappa shape index (κ2) is 28.8. The van der Waals surface area contributed by atoms with Crippen LogP contribution in [0.5, 0.6) is 0 Å². The summed E-state index contributed by atoms with van der Waals surface area (Å²) in [6.07, 6.45) is -7.35. The summed E-state index contributed by atoms with van der Waals surface area (Å²) >= 11 is 0. The van der Waals surface area contributed by atoms with Crippen molar-refractivity contribution in [2.24, 2.45) is 0 Å². The van der Waals surface area contributed by atoms with Crippen LogP contribution in [0, 0.1) is 0 Å². The number of aliphatic hydroxyl groups is 9. The molecule has 0 heterocycles. The van der Waals surface area contributed by atoms with Gasteiger partial charge < -0.3 is 61.0 Å². The summed E-state index contributed by atoms with van der Waals surface area (Å²) in [6.45, 7) is -2.18. The molecule has 0 rings (SSSR count). The molecule has 9 N–H and O–H groups in total. The van der Waals surface area contributed by atoms with Crippen molar-refractivity contribution in [2.75, 3.05) is 26.4 Å². The molecular weight excluding hydrogens is 380 g/mol. The Morgan fingerprint density at radius 1 is 0.560 bits per heavy atom. The third-order valence-corrected chi connectivity index (χ3v) is 1.93. The van der Waals surface area contributed by atoms with Gasteiger partial charge in [0.1, 0.15) is 30.5 Å². The molecule has 12 nitrogen and oxygen atoms in total. The molecule has 0 fully saturated rings. The molecule has 0 aromatic carbocycles. The van der Waals surface area contributed by atoms with Gasteiger partial charge in [-0.3, -0.25) is 7.32 Å². The van der Waals surface area contributed by atoms with E-state index in [-0.39, 0.29) is 102 Å². The van der Waals surface area contributed by atoms with Crippen molar-refractivity contribution >= 4 is 7.32 Å². The zero-order chi connectivity index (χ0) is 18.3. The Hall–Kier alpha value is 2.58. The Morgan fingerprint density at radius 2 is 0.760 bits per heavy atom. The van der Waals surface area contributed by atoms with Gasteiger partial charge in [-0.15, -0.1) is 0 Å². The van der Waals surface area contributed by atoms with Gasteiger partial charge in [0.2, 0.25) is 0 Å². The van der Waals surface area contributed by atoms with Gasteiger partial charge in [-0.1, -0.05) is 0 Å². The standard InChI is InChI=1S/C6H14O6.C3H8O3.BO3.3Na/c7-1-3(9)5(11)6(12)4(10)2-8;4-1-3(6)2-5;2-1(3)4;;;/h3-12H,1-2H2;3-6H,1-2H2;;;;/q;;-3;3*+1. The summed E-state index contributed by atoms with van der Waals surface area (Å²) in [5, 5.41) is 101. The third kappa shape index (κ3) is 31.5. The van der Waals surface area contributed by atoms with Crippen LogP contribution in [0.4, 0.5) is 0 Å². The van der Waals surface area contributed by atoms with E-state index in [1.165, 1.54) is 0 Å². The van der Waals surface area contributed by atoms with Crippen molar-refractivity contribution in [3.8, 4) is 0 Å². The molecule has 0 saturated heterocycles. The maximum absolute atomic E-state index is 8.96. The second-order valence-corrected chi connectivity index (χ2v) is 3.79. The van der Waals surface area contributed by atoms with Gasteiger partial charge in [0.25, 0.3) is 0 Å². The van der Waals surface area contributed by atoms with Crippen LogP contribution >= 0.6 is 0 Å². The van der Waals surface area contributed by atoms with Gasteiger partial charge in [-0.05, 0) is 0 Å². The molecule has 4 unspecified atom stereocenters. The maximum Gasteiger partial charge on any atom is 1.00 e. The summed E-state index contributed by atoms with van der Waals surface area (Å²) in [7, 11) is -2.92. The molecule has 0 spiro atoms. The molecule has 0 bridgehead atoms. The van der Waals surface area contributed by atoms with E-state index in [0.29, 0.717) is 0 Å². The summed E-state index contributed by atoms with van der Waals surface area (Å²) < 4.78 is 0. The SMILES string of the molecule is OCC(O)C(O)C(O)C(O)CO.OCC(O)CO.[Na+].[Na+].[Na+].[O-]B([O-])[O-]. The van der Waals surface area contributed by atoms with E-state index in [1.54, 1.807) is 0 Å².